The van der Waals surface area contributed by atoms with Gasteiger partial charge < -0.3 is 0 Å². The second-order valence-electron chi connectivity index (χ2n) is 13.2. The van der Waals surface area contributed by atoms with Gasteiger partial charge in [-0.05, 0) is 129 Å². The van der Waals surface area contributed by atoms with Crippen LogP contribution in [0.25, 0.3) is 22.3 Å². The molecule has 3 aromatic rings. The summed E-state index contributed by atoms with van der Waals surface area (Å²) < 4.78 is 45.3. The molecule has 230 valence electrons. The molecule has 5 rings (SSSR count). The molecule has 0 amide bonds. The third-order valence-electron chi connectivity index (χ3n) is 10.4. The largest absolute Gasteiger partial charge is 0.207 e. The monoisotopic (exact) mass is 586 g/mol. The van der Waals surface area contributed by atoms with Crippen molar-refractivity contribution >= 4 is 0 Å². The zero-order valence-corrected chi connectivity index (χ0v) is 26.2. The van der Waals surface area contributed by atoms with Gasteiger partial charge in [-0.2, -0.15) is 0 Å². The molecule has 0 saturated heterocycles. The third-order valence-corrected chi connectivity index (χ3v) is 10.4. The van der Waals surface area contributed by atoms with E-state index in [1.54, 1.807) is 30.3 Å². The molecule has 0 unspecified atom stereocenters. The minimum Gasteiger partial charge on any atom is -0.207 e. The molecule has 0 spiro atoms. The molecule has 43 heavy (non-hydrogen) atoms. The fraction of sp³-hybridized carbons (Fsp3) is 0.500. The van der Waals surface area contributed by atoms with Gasteiger partial charge in [-0.15, -0.1) is 0 Å². The predicted molar refractivity (Wildman–Crippen MR) is 175 cm³/mol. The first-order chi connectivity index (χ1) is 21.0. The summed E-state index contributed by atoms with van der Waals surface area (Å²) in [5.74, 6) is 1.06. The van der Waals surface area contributed by atoms with Crippen LogP contribution >= 0.6 is 0 Å². The minimum atomic E-state index is -0.787. The Labute approximate surface area is 257 Å². The van der Waals surface area contributed by atoms with E-state index in [0.29, 0.717) is 23.5 Å². The van der Waals surface area contributed by atoms with E-state index in [0.717, 1.165) is 73.0 Å². The summed E-state index contributed by atoms with van der Waals surface area (Å²) in [4.78, 5) is 0. The Hall–Kier alpha value is -2.81. The molecule has 0 atom stereocenters. The van der Waals surface area contributed by atoms with E-state index in [2.05, 4.69) is 26.0 Å². The van der Waals surface area contributed by atoms with E-state index in [1.165, 1.54) is 44.9 Å². The van der Waals surface area contributed by atoms with Crippen LogP contribution < -0.4 is 0 Å². The molecule has 0 bridgehead atoms. The molecule has 0 heterocycles. The van der Waals surface area contributed by atoms with Gasteiger partial charge in [-0.25, -0.2) is 13.2 Å². The summed E-state index contributed by atoms with van der Waals surface area (Å²) in [7, 11) is 0. The Bertz CT molecular complexity index is 1340. The van der Waals surface area contributed by atoms with Crippen LogP contribution in [0.2, 0.25) is 0 Å². The Morgan fingerprint density at radius 3 is 1.93 bits per heavy atom. The molecule has 3 aromatic carbocycles. The van der Waals surface area contributed by atoms with E-state index in [1.807, 2.05) is 24.3 Å². The van der Waals surface area contributed by atoms with Crippen molar-refractivity contribution in [3.63, 3.8) is 0 Å². The minimum absolute atomic E-state index is 0.129. The lowest BCUT2D eigenvalue weighted by atomic mass is 9.68. The molecular formula is C40H49F3. The molecule has 0 aliphatic heterocycles. The Kier molecular flexibility index (Phi) is 11.2. The number of halogens is 3. The molecule has 2 saturated carbocycles. The van der Waals surface area contributed by atoms with E-state index in [4.69, 9.17) is 0 Å². The molecule has 0 aromatic heterocycles. The zero-order valence-electron chi connectivity index (χ0n) is 26.2. The highest BCUT2D eigenvalue weighted by Crippen LogP contribution is 2.45. The van der Waals surface area contributed by atoms with Gasteiger partial charge in [0, 0.05) is 5.56 Å². The summed E-state index contributed by atoms with van der Waals surface area (Å²) in [5, 5.41) is 0. The fourth-order valence-electron chi connectivity index (χ4n) is 7.79. The van der Waals surface area contributed by atoms with Crippen LogP contribution in [0.3, 0.4) is 0 Å². The molecule has 2 aliphatic rings. The van der Waals surface area contributed by atoms with Crippen molar-refractivity contribution in [3.8, 4) is 22.3 Å². The average Bonchev–Trinajstić information content (AvgIpc) is 3.04. The van der Waals surface area contributed by atoms with Crippen LogP contribution in [-0.2, 0) is 6.42 Å². The maximum atomic E-state index is 15.4. The van der Waals surface area contributed by atoms with Gasteiger partial charge in [-0.3, -0.25) is 0 Å². The lowest BCUT2D eigenvalue weighted by molar-refractivity contribution is 0.171. The quantitative estimate of drug-likeness (QED) is 0.155. The van der Waals surface area contributed by atoms with Crippen LogP contribution in [0, 0.1) is 35.2 Å². The van der Waals surface area contributed by atoms with Crippen LogP contribution in [0.1, 0.15) is 114 Å². The van der Waals surface area contributed by atoms with Crippen molar-refractivity contribution in [2.24, 2.45) is 17.8 Å². The smallest absolute Gasteiger partial charge is 0.166 e. The SMILES string of the molecule is C/C=C/C1CCC(C2CCC(c3ccc(-c4ccc(-c5ccc(CCCCCCC)c(F)c5F)cc4)cc3F)CC2)CC1. The van der Waals surface area contributed by atoms with E-state index >= 15 is 8.78 Å². The molecule has 3 heteroatoms. The first kappa shape index (κ1) is 31.6. The van der Waals surface area contributed by atoms with Crippen molar-refractivity contribution < 1.29 is 13.2 Å². The Morgan fingerprint density at radius 1 is 0.651 bits per heavy atom. The molecule has 2 fully saturated rings. The van der Waals surface area contributed by atoms with Gasteiger partial charge in [0.25, 0.3) is 0 Å². The highest BCUT2D eigenvalue weighted by molar-refractivity contribution is 5.71. The van der Waals surface area contributed by atoms with Crippen LogP contribution in [0.4, 0.5) is 13.2 Å². The summed E-state index contributed by atoms with van der Waals surface area (Å²) in [6.07, 6.45) is 20.4. The van der Waals surface area contributed by atoms with E-state index in [9.17, 15) is 4.39 Å². The van der Waals surface area contributed by atoms with Gasteiger partial charge in [0.05, 0.1) is 0 Å². The number of allylic oxidation sites excluding steroid dienone is 2. The van der Waals surface area contributed by atoms with Gasteiger partial charge >= 0.3 is 0 Å². The number of unbranched alkanes of at least 4 members (excludes halogenated alkanes) is 4. The van der Waals surface area contributed by atoms with Crippen molar-refractivity contribution in [1.29, 1.82) is 0 Å². The normalized spacial score (nSPS) is 22.7. The summed E-state index contributed by atoms with van der Waals surface area (Å²) in [5.41, 5.74) is 3.87. The molecular weight excluding hydrogens is 537 g/mol. The van der Waals surface area contributed by atoms with E-state index in [-0.39, 0.29) is 11.4 Å². The average molecular weight is 587 g/mol. The third kappa shape index (κ3) is 7.83. The number of hydrogen-bond acceptors (Lipinski definition) is 0. The Morgan fingerprint density at radius 2 is 1.28 bits per heavy atom. The van der Waals surface area contributed by atoms with E-state index < -0.39 is 11.6 Å². The van der Waals surface area contributed by atoms with Gasteiger partial charge in [-0.1, -0.05) is 93.3 Å². The van der Waals surface area contributed by atoms with Crippen molar-refractivity contribution in [2.45, 2.75) is 110 Å². The van der Waals surface area contributed by atoms with Crippen LogP contribution in [0.15, 0.2) is 66.7 Å². The van der Waals surface area contributed by atoms with Gasteiger partial charge in [0.2, 0.25) is 0 Å². The fourth-order valence-corrected chi connectivity index (χ4v) is 7.79. The Balaban J connectivity index is 1.18. The van der Waals surface area contributed by atoms with Crippen molar-refractivity contribution in [3.05, 3.63) is 95.3 Å². The highest BCUT2D eigenvalue weighted by atomic mass is 19.2. The van der Waals surface area contributed by atoms with Crippen molar-refractivity contribution in [2.75, 3.05) is 0 Å². The standard InChI is InChI=1S/C40H49F3/c1-3-5-6-7-8-10-34-23-26-37(40(43)39(34)42)33-21-17-31(18-22-33)35-24-25-36(38(41)27-35)32-19-15-30(16-20-32)29-13-11-28(9-4-2)12-14-29/h4,9,17-18,21-30,32H,3,5-8,10-16,19-20H2,1-2H3/b9-4+. The molecule has 0 radical (unpaired) electrons. The number of benzene rings is 3. The molecule has 0 N–H and O–H groups in total. The summed E-state index contributed by atoms with van der Waals surface area (Å²) in [6.45, 7) is 4.29. The van der Waals surface area contributed by atoms with Crippen LogP contribution in [-0.4, -0.2) is 0 Å². The maximum Gasteiger partial charge on any atom is 0.166 e. The zero-order chi connectivity index (χ0) is 30.2. The van der Waals surface area contributed by atoms with Gasteiger partial charge in [0.15, 0.2) is 11.6 Å². The van der Waals surface area contributed by atoms with Crippen molar-refractivity contribution in [1.82, 2.24) is 0 Å². The molecule has 2 aliphatic carbocycles. The topological polar surface area (TPSA) is 0 Å². The first-order valence-electron chi connectivity index (χ1n) is 17.0. The maximum absolute atomic E-state index is 15.4. The second-order valence-corrected chi connectivity index (χ2v) is 13.2. The molecule has 0 nitrogen and oxygen atoms in total. The number of hydrogen-bond donors (Lipinski definition) is 0. The predicted octanol–water partition coefficient (Wildman–Crippen LogP) is 12.6. The number of aryl methyl sites for hydroxylation is 1. The highest BCUT2D eigenvalue weighted by Gasteiger charge is 2.31. The lowest BCUT2D eigenvalue weighted by Gasteiger charge is -2.37. The summed E-state index contributed by atoms with van der Waals surface area (Å²) >= 11 is 0. The number of rotatable bonds is 11. The second kappa shape index (κ2) is 15.3. The summed E-state index contributed by atoms with van der Waals surface area (Å²) in [6, 6.07) is 16.4. The lowest BCUT2D eigenvalue weighted by Crippen LogP contribution is -2.25. The van der Waals surface area contributed by atoms with Gasteiger partial charge in [0.1, 0.15) is 5.82 Å². The van der Waals surface area contributed by atoms with Crippen LogP contribution in [0.5, 0.6) is 0 Å². The first-order valence-corrected chi connectivity index (χ1v) is 17.0.